The number of methoxy groups -OCH3 is 1. The zero-order chi connectivity index (χ0) is 14.0. The second kappa shape index (κ2) is 5.50. The van der Waals surface area contributed by atoms with Gasteiger partial charge in [-0.2, -0.15) is 0 Å². The van der Waals surface area contributed by atoms with Crippen molar-refractivity contribution in [2.75, 3.05) is 7.11 Å². The molecule has 0 aromatic carbocycles. The molecule has 1 heterocycles. The zero-order valence-corrected chi connectivity index (χ0v) is 12.8. The fraction of sp³-hybridized carbons (Fsp3) is 0.500. The van der Waals surface area contributed by atoms with Crippen LogP contribution < -0.4 is 10.1 Å². The predicted molar refractivity (Wildman–Crippen MR) is 74.9 cm³/mol. The third kappa shape index (κ3) is 2.76. The fourth-order valence-corrected chi connectivity index (χ4v) is 3.80. The summed E-state index contributed by atoms with van der Waals surface area (Å²) in [5.41, 5.74) is -1.11. The van der Waals surface area contributed by atoms with Gasteiger partial charge >= 0.3 is 5.97 Å². The minimum Gasteiger partial charge on any atom is -0.495 e. The lowest BCUT2D eigenvalue weighted by Crippen LogP contribution is -2.52. The minimum absolute atomic E-state index is 0.363. The second-order valence-corrected chi connectivity index (χ2v) is 6.87. The summed E-state index contributed by atoms with van der Waals surface area (Å²) in [6.45, 7) is 0. The molecule has 0 spiro atoms. The molecule has 19 heavy (non-hydrogen) atoms. The van der Waals surface area contributed by atoms with Crippen LogP contribution in [-0.4, -0.2) is 29.6 Å². The number of carbonyl (C=O) groups is 2. The molecular formula is C12H14BrNO4S. The molecule has 0 aliphatic heterocycles. The van der Waals surface area contributed by atoms with E-state index in [1.54, 1.807) is 6.07 Å². The Bertz CT molecular complexity index is 508. The number of rotatable bonds is 4. The third-order valence-electron chi connectivity index (χ3n) is 3.32. The Balaban J connectivity index is 2.17. The molecule has 1 fully saturated rings. The van der Waals surface area contributed by atoms with Crippen molar-refractivity contribution >= 4 is 39.1 Å². The average Bonchev–Trinajstić information content (AvgIpc) is 2.96. The van der Waals surface area contributed by atoms with E-state index in [2.05, 4.69) is 21.2 Å². The van der Waals surface area contributed by atoms with E-state index in [0.29, 0.717) is 23.5 Å². The van der Waals surface area contributed by atoms with Crippen molar-refractivity contribution < 1.29 is 19.4 Å². The van der Waals surface area contributed by atoms with Gasteiger partial charge in [-0.3, -0.25) is 4.79 Å². The quantitative estimate of drug-likeness (QED) is 0.877. The summed E-state index contributed by atoms with van der Waals surface area (Å²) in [5, 5.41) is 12.0. The Kier molecular flexibility index (Phi) is 4.15. The third-order valence-corrected chi connectivity index (χ3v) is 5.10. The number of carboxylic acid groups (broad SMARTS) is 1. The van der Waals surface area contributed by atoms with Crippen LogP contribution in [0.4, 0.5) is 0 Å². The molecule has 1 aromatic heterocycles. The van der Waals surface area contributed by atoms with Gasteiger partial charge in [-0.1, -0.05) is 12.8 Å². The van der Waals surface area contributed by atoms with Crippen LogP contribution in [0.3, 0.4) is 0 Å². The van der Waals surface area contributed by atoms with Gasteiger partial charge in [-0.15, -0.1) is 11.3 Å². The summed E-state index contributed by atoms with van der Waals surface area (Å²) in [5.74, 6) is -0.745. The number of carbonyl (C=O) groups excluding carboxylic acids is 1. The summed E-state index contributed by atoms with van der Waals surface area (Å²) < 4.78 is 5.80. The molecule has 0 atom stereocenters. The second-order valence-electron chi connectivity index (χ2n) is 4.50. The number of thiophene rings is 1. The maximum absolute atomic E-state index is 12.2. The first kappa shape index (κ1) is 14.3. The molecular weight excluding hydrogens is 334 g/mol. The highest BCUT2D eigenvalue weighted by Crippen LogP contribution is 2.35. The smallest absolute Gasteiger partial charge is 0.329 e. The van der Waals surface area contributed by atoms with Gasteiger partial charge < -0.3 is 15.2 Å². The maximum Gasteiger partial charge on any atom is 0.329 e. The van der Waals surface area contributed by atoms with Crippen molar-refractivity contribution in [2.24, 2.45) is 0 Å². The van der Waals surface area contributed by atoms with Gasteiger partial charge in [-0.05, 0) is 28.8 Å². The van der Waals surface area contributed by atoms with Crippen LogP contribution in [-0.2, 0) is 4.79 Å². The minimum atomic E-state index is -1.11. The first-order valence-corrected chi connectivity index (χ1v) is 7.49. The van der Waals surface area contributed by atoms with Crippen LogP contribution >= 0.6 is 27.3 Å². The Labute approximate surface area is 123 Å². The van der Waals surface area contributed by atoms with E-state index in [0.717, 1.165) is 16.6 Å². The molecule has 2 N–H and O–H groups in total. The summed E-state index contributed by atoms with van der Waals surface area (Å²) in [6.07, 6.45) is 2.61. The van der Waals surface area contributed by atoms with Crippen molar-refractivity contribution in [1.29, 1.82) is 0 Å². The number of carboxylic acids is 1. The van der Waals surface area contributed by atoms with Gasteiger partial charge in [0, 0.05) is 6.07 Å². The molecule has 1 amide bonds. The molecule has 1 aliphatic carbocycles. The van der Waals surface area contributed by atoms with Gasteiger partial charge in [0.25, 0.3) is 5.91 Å². The largest absolute Gasteiger partial charge is 0.495 e. The Morgan fingerprint density at radius 2 is 2.11 bits per heavy atom. The van der Waals surface area contributed by atoms with E-state index in [-0.39, 0.29) is 5.91 Å². The summed E-state index contributed by atoms with van der Waals surface area (Å²) >= 11 is 4.53. The molecule has 0 bridgehead atoms. The number of nitrogens with one attached hydrogen (secondary N) is 1. The number of hydrogen-bond acceptors (Lipinski definition) is 4. The Morgan fingerprint density at radius 1 is 1.47 bits per heavy atom. The van der Waals surface area contributed by atoms with Crippen molar-refractivity contribution in [3.8, 4) is 5.75 Å². The van der Waals surface area contributed by atoms with E-state index in [4.69, 9.17) is 4.74 Å². The molecule has 0 radical (unpaired) electrons. The lowest BCUT2D eigenvalue weighted by Gasteiger charge is -2.24. The molecule has 0 unspecified atom stereocenters. The lowest BCUT2D eigenvalue weighted by atomic mass is 9.98. The van der Waals surface area contributed by atoms with Crippen molar-refractivity contribution in [2.45, 2.75) is 31.2 Å². The molecule has 5 nitrogen and oxygen atoms in total. The normalized spacial score (nSPS) is 17.2. The van der Waals surface area contributed by atoms with Crippen molar-refractivity contribution in [3.63, 3.8) is 0 Å². The van der Waals surface area contributed by atoms with Gasteiger partial charge in [0.1, 0.15) is 15.1 Å². The Morgan fingerprint density at radius 3 is 2.58 bits per heavy atom. The molecule has 0 saturated heterocycles. The van der Waals surface area contributed by atoms with E-state index >= 15 is 0 Å². The summed E-state index contributed by atoms with van der Waals surface area (Å²) in [6, 6.07) is 1.61. The molecule has 2 rings (SSSR count). The van der Waals surface area contributed by atoms with E-state index in [1.165, 1.54) is 18.4 Å². The maximum atomic E-state index is 12.2. The first-order valence-electron chi connectivity index (χ1n) is 5.88. The van der Waals surface area contributed by atoms with E-state index < -0.39 is 11.5 Å². The Hall–Kier alpha value is -1.08. The number of aliphatic carboxylic acids is 1. The molecule has 7 heteroatoms. The van der Waals surface area contributed by atoms with Crippen LogP contribution in [0.2, 0.25) is 0 Å². The average molecular weight is 348 g/mol. The highest BCUT2D eigenvalue weighted by atomic mass is 79.9. The predicted octanol–water partition coefficient (Wildman–Crippen LogP) is 2.65. The standard InChI is InChI=1S/C12H14BrNO4S/c1-18-7-6-8(19-9(7)13)10(15)14-12(11(16)17)4-2-3-5-12/h6H,2-5H2,1H3,(H,14,15)(H,16,17). The van der Waals surface area contributed by atoms with Crippen molar-refractivity contribution in [1.82, 2.24) is 5.32 Å². The summed E-state index contributed by atoms with van der Waals surface area (Å²) in [4.78, 5) is 24.0. The highest BCUT2D eigenvalue weighted by molar-refractivity contribution is 9.11. The molecule has 104 valence electrons. The van der Waals surface area contributed by atoms with Gasteiger partial charge in [0.05, 0.1) is 12.0 Å². The number of amides is 1. The highest BCUT2D eigenvalue weighted by Gasteiger charge is 2.43. The van der Waals surface area contributed by atoms with Crippen LogP contribution in [0.25, 0.3) is 0 Å². The SMILES string of the molecule is COc1cc(C(=O)NC2(C(=O)O)CCCC2)sc1Br. The number of hydrogen-bond donors (Lipinski definition) is 2. The first-order chi connectivity index (χ1) is 8.98. The molecule has 1 aliphatic rings. The summed E-state index contributed by atoms with van der Waals surface area (Å²) in [7, 11) is 1.52. The number of halogens is 1. The van der Waals surface area contributed by atoms with Crippen LogP contribution in [0.1, 0.15) is 35.4 Å². The van der Waals surface area contributed by atoms with E-state index in [1.807, 2.05) is 0 Å². The van der Waals surface area contributed by atoms with Crippen LogP contribution in [0.5, 0.6) is 5.75 Å². The van der Waals surface area contributed by atoms with Gasteiger partial charge in [0.2, 0.25) is 0 Å². The van der Waals surface area contributed by atoms with Crippen LogP contribution in [0.15, 0.2) is 9.85 Å². The topological polar surface area (TPSA) is 75.6 Å². The van der Waals surface area contributed by atoms with E-state index in [9.17, 15) is 14.7 Å². The number of ether oxygens (including phenoxy) is 1. The van der Waals surface area contributed by atoms with Crippen LogP contribution in [0, 0.1) is 0 Å². The van der Waals surface area contributed by atoms with Gasteiger partial charge in [0.15, 0.2) is 0 Å². The monoisotopic (exact) mass is 347 g/mol. The zero-order valence-electron chi connectivity index (χ0n) is 10.4. The lowest BCUT2D eigenvalue weighted by molar-refractivity contribution is -0.144. The fourth-order valence-electron chi connectivity index (χ4n) is 2.25. The molecule has 1 aromatic rings. The molecule has 1 saturated carbocycles. The van der Waals surface area contributed by atoms with Crippen molar-refractivity contribution in [3.05, 3.63) is 14.7 Å². The van der Waals surface area contributed by atoms with Gasteiger partial charge in [-0.25, -0.2) is 4.79 Å².